The van der Waals surface area contributed by atoms with Gasteiger partial charge in [0.25, 0.3) is 0 Å². The van der Waals surface area contributed by atoms with Gasteiger partial charge in [0.05, 0.1) is 23.4 Å². The van der Waals surface area contributed by atoms with Crippen molar-refractivity contribution >= 4 is 0 Å². The van der Waals surface area contributed by atoms with Gasteiger partial charge in [-0.25, -0.2) is 0 Å². The molecule has 2 bridgehead atoms. The van der Waals surface area contributed by atoms with Crippen LogP contribution in [0.1, 0.15) is 51.3 Å². The highest BCUT2D eigenvalue weighted by atomic mass is 16.5. The number of nitrogens with zero attached hydrogens (tertiary/aromatic N) is 2. The third kappa shape index (κ3) is 1.97. The summed E-state index contributed by atoms with van der Waals surface area (Å²) in [5.74, 6) is 0. The van der Waals surface area contributed by atoms with Gasteiger partial charge in [0.2, 0.25) is 0 Å². The summed E-state index contributed by atoms with van der Waals surface area (Å²) in [5, 5.41) is 4.65. The predicted octanol–water partition coefficient (Wildman–Crippen LogP) is 2.05. The zero-order valence-electron chi connectivity index (χ0n) is 11.3. The summed E-state index contributed by atoms with van der Waals surface area (Å²) in [6, 6.07) is 2.57. The summed E-state index contributed by atoms with van der Waals surface area (Å²) in [6.07, 6.45) is 7.96. The Balaban J connectivity index is 1.71. The minimum absolute atomic E-state index is 0.183. The maximum Gasteiger partial charge on any atom is 0.0764 e. The van der Waals surface area contributed by atoms with E-state index in [9.17, 15) is 0 Å². The van der Waals surface area contributed by atoms with Crippen molar-refractivity contribution in [2.75, 3.05) is 0 Å². The second kappa shape index (κ2) is 4.35. The Morgan fingerprint density at radius 1 is 1.61 bits per heavy atom. The topological polar surface area (TPSA) is 53.1 Å². The highest BCUT2D eigenvalue weighted by Gasteiger charge is 2.50. The molecule has 3 rings (SSSR count). The molecule has 4 atom stereocenters. The Morgan fingerprint density at radius 2 is 2.44 bits per heavy atom. The molecule has 0 radical (unpaired) electrons. The van der Waals surface area contributed by atoms with E-state index in [2.05, 4.69) is 31.2 Å². The van der Waals surface area contributed by atoms with Crippen molar-refractivity contribution in [2.24, 2.45) is 5.73 Å². The van der Waals surface area contributed by atoms with E-state index >= 15 is 0 Å². The lowest BCUT2D eigenvalue weighted by atomic mass is 9.79. The average molecular weight is 249 g/mol. The highest BCUT2D eigenvalue weighted by molar-refractivity contribution is 5.13. The van der Waals surface area contributed by atoms with Crippen LogP contribution in [0.2, 0.25) is 0 Å². The van der Waals surface area contributed by atoms with Crippen LogP contribution in [0.25, 0.3) is 0 Å². The van der Waals surface area contributed by atoms with E-state index in [1.807, 2.05) is 4.68 Å². The van der Waals surface area contributed by atoms with Gasteiger partial charge >= 0.3 is 0 Å². The number of rotatable bonds is 4. The monoisotopic (exact) mass is 249 g/mol. The minimum Gasteiger partial charge on any atom is -0.373 e. The van der Waals surface area contributed by atoms with E-state index in [-0.39, 0.29) is 11.6 Å². The van der Waals surface area contributed by atoms with Crippen LogP contribution in [0, 0.1) is 0 Å². The summed E-state index contributed by atoms with van der Waals surface area (Å²) in [4.78, 5) is 0. The first-order valence-corrected chi connectivity index (χ1v) is 7.09. The van der Waals surface area contributed by atoms with Gasteiger partial charge in [0.1, 0.15) is 0 Å². The number of nitrogens with two attached hydrogens (primary N) is 1. The van der Waals surface area contributed by atoms with Gasteiger partial charge in [0.15, 0.2) is 0 Å². The van der Waals surface area contributed by atoms with Crippen molar-refractivity contribution < 1.29 is 4.74 Å². The summed E-state index contributed by atoms with van der Waals surface area (Å²) in [6.45, 7) is 4.37. The van der Waals surface area contributed by atoms with E-state index in [1.165, 1.54) is 6.42 Å². The quantitative estimate of drug-likeness (QED) is 0.888. The molecule has 18 heavy (non-hydrogen) atoms. The van der Waals surface area contributed by atoms with Crippen LogP contribution >= 0.6 is 0 Å². The third-order valence-electron chi connectivity index (χ3n) is 4.57. The molecule has 4 nitrogen and oxygen atoms in total. The number of ether oxygens (including phenoxy) is 1. The summed E-state index contributed by atoms with van der Waals surface area (Å²) >= 11 is 0. The Hall–Kier alpha value is -0.870. The molecule has 2 aliphatic heterocycles. The Labute approximate surface area is 108 Å². The first kappa shape index (κ1) is 12.2. The molecule has 0 aliphatic carbocycles. The van der Waals surface area contributed by atoms with E-state index in [0.717, 1.165) is 31.4 Å². The number of fused-ring (bicyclic) bond motifs is 2. The Morgan fingerprint density at radius 3 is 3.06 bits per heavy atom. The van der Waals surface area contributed by atoms with E-state index in [0.29, 0.717) is 12.1 Å². The molecule has 2 N–H and O–H groups in total. The van der Waals surface area contributed by atoms with Crippen LogP contribution < -0.4 is 5.73 Å². The van der Waals surface area contributed by atoms with Crippen LogP contribution in [0.5, 0.6) is 0 Å². The summed E-state index contributed by atoms with van der Waals surface area (Å²) in [5.41, 5.74) is 7.44. The lowest BCUT2D eigenvalue weighted by Crippen LogP contribution is -2.50. The van der Waals surface area contributed by atoms with E-state index in [4.69, 9.17) is 10.5 Å². The van der Waals surface area contributed by atoms with E-state index < -0.39 is 0 Å². The van der Waals surface area contributed by atoms with Gasteiger partial charge in [-0.15, -0.1) is 0 Å². The van der Waals surface area contributed by atoms with E-state index in [1.54, 1.807) is 0 Å². The molecule has 1 aromatic rings. The standard InChI is InChI=1S/C14H23N3O/c1-3-10(2)17-7-6-11(16-17)8-14(15)9-12-4-5-13(14)18-12/h6-7,10,12-13H,3-5,8-9,15H2,1-2H3. The smallest absolute Gasteiger partial charge is 0.0764 e. The zero-order valence-corrected chi connectivity index (χ0v) is 11.3. The molecule has 0 aromatic carbocycles. The van der Waals surface area contributed by atoms with Crippen molar-refractivity contribution in [1.29, 1.82) is 0 Å². The second-order valence-electron chi connectivity index (χ2n) is 5.98. The van der Waals surface area contributed by atoms with Crippen molar-refractivity contribution in [1.82, 2.24) is 9.78 Å². The van der Waals surface area contributed by atoms with Crippen molar-refractivity contribution in [3.05, 3.63) is 18.0 Å². The van der Waals surface area contributed by atoms with Gasteiger partial charge in [-0.05, 0) is 38.7 Å². The van der Waals surface area contributed by atoms with Gasteiger partial charge in [-0.1, -0.05) is 6.92 Å². The molecular weight excluding hydrogens is 226 g/mol. The van der Waals surface area contributed by atoms with Crippen molar-refractivity contribution in [2.45, 2.75) is 69.7 Å². The Kier molecular flexibility index (Phi) is 2.94. The fourth-order valence-corrected chi connectivity index (χ4v) is 3.26. The minimum atomic E-state index is -0.183. The van der Waals surface area contributed by atoms with Crippen molar-refractivity contribution in [3.63, 3.8) is 0 Å². The predicted molar refractivity (Wildman–Crippen MR) is 70.4 cm³/mol. The number of hydrogen-bond donors (Lipinski definition) is 1. The maximum absolute atomic E-state index is 6.52. The number of hydrogen-bond acceptors (Lipinski definition) is 3. The molecule has 2 fully saturated rings. The van der Waals surface area contributed by atoms with Crippen LogP contribution in [-0.2, 0) is 11.2 Å². The summed E-state index contributed by atoms with van der Waals surface area (Å²) < 4.78 is 7.92. The third-order valence-corrected chi connectivity index (χ3v) is 4.57. The van der Waals surface area contributed by atoms with Gasteiger partial charge in [0, 0.05) is 18.7 Å². The first-order valence-electron chi connectivity index (χ1n) is 7.09. The zero-order chi connectivity index (χ0) is 12.8. The van der Waals surface area contributed by atoms with Gasteiger partial charge in [-0.3, -0.25) is 4.68 Å². The van der Waals surface area contributed by atoms with Gasteiger partial charge < -0.3 is 10.5 Å². The molecule has 0 amide bonds. The molecule has 4 heteroatoms. The normalized spacial score (nSPS) is 36.2. The lowest BCUT2D eigenvalue weighted by Gasteiger charge is -2.30. The van der Waals surface area contributed by atoms with Gasteiger partial charge in [-0.2, -0.15) is 5.10 Å². The van der Waals surface area contributed by atoms with Crippen LogP contribution in [-0.4, -0.2) is 27.5 Å². The fourth-order valence-electron chi connectivity index (χ4n) is 3.26. The highest BCUT2D eigenvalue weighted by Crippen LogP contribution is 2.41. The fraction of sp³-hybridized carbons (Fsp3) is 0.786. The molecule has 100 valence electrons. The maximum atomic E-state index is 6.52. The molecule has 1 aromatic heterocycles. The van der Waals surface area contributed by atoms with Crippen LogP contribution in [0.4, 0.5) is 0 Å². The Bertz CT molecular complexity index is 430. The largest absolute Gasteiger partial charge is 0.373 e. The molecule has 2 aliphatic rings. The molecule has 2 saturated heterocycles. The number of aromatic nitrogens is 2. The SMILES string of the molecule is CCC(C)n1ccc(CC2(N)CC3CCC2O3)n1. The second-order valence-corrected chi connectivity index (χ2v) is 5.98. The average Bonchev–Trinajstić information content (AvgIpc) is 3.02. The summed E-state index contributed by atoms with van der Waals surface area (Å²) in [7, 11) is 0. The molecule has 4 unspecified atom stereocenters. The molecular formula is C14H23N3O. The molecule has 0 spiro atoms. The van der Waals surface area contributed by atoms with Crippen LogP contribution in [0.15, 0.2) is 12.3 Å². The van der Waals surface area contributed by atoms with Crippen LogP contribution in [0.3, 0.4) is 0 Å². The molecule has 3 heterocycles. The van der Waals surface area contributed by atoms with Crippen molar-refractivity contribution in [3.8, 4) is 0 Å². The molecule has 0 saturated carbocycles. The first-order chi connectivity index (χ1) is 8.60. The lowest BCUT2D eigenvalue weighted by molar-refractivity contribution is 0.0854.